The van der Waals surface area contributed by atoms with Crippen LogP contribution in [0.4, 0.5) is 4.79 Å². The van der Waals surface area contributed by atoms with E-state index in [2.05, 4.69) is 4.40 Å². The number of carbonyl (C=O) groups is 1. The first-order valence-electron chi connectivity index (χ1n) is 7.28. The second kappa shape index (κ2) is 7.05. The molecule has 1 aromatic rings. The second-order valence-corrected chi connectivity index (χ2v) is 8.26. The molecular formula is C16H22N2O3S. The van der Waals surface area contributed by atoms with Crippen LogP contribution in [0.1, 0.15) is 26.3 Å². The summed E-state index contributed by atoms with van der Waals surface area (Å²) in [5.74, 6) is 0.163. The van der Waals surface area contributed by atoms with E-state index in [1.165, 1.54) is 0 Å². The molecule has 2 rings (SSSR count). The molecule has 0 N–H and O–H groups in total. The summed E-state index contributed by atoms with van der Waals surface area (Å²) >= 11 is 0. The molecule has 1 atom stereocenters. The van der Waals surface area contributed by atoms with Crippen LogP contribution in [0.2, 0.25) is 0 Å². The Bertz CT molecular complexity index is 561. The van der Waals surface area contributed by atoms with Gasteiger partial charge in [-0.25, -0.2) is 9.00 Å². The summed E-state index contributed by atoms with van der Waals surface area (Å²) in [6.07, 6.45) is 1.38. The lowest BCUT2D eigenvalue weighted by Crippen LogP contribution is -2.50. The van der Waals surface area contributed by atoms with Crippen LogP contribution in [-0.2, 0) is 22.3 Å². The highest BCUT2D eigenvalue weighted by atomic mass is 32.2. The summed E-state index contributed by atoms with van der Waals surface area (Å²) in [6.45, 7) is 7.07. The van der Waals surface area contributed by atoms with Gasteiger partial charge in [0.15, 0.2) is 0 Å². The van der Waals surface area contributed by atoms with Crippen LogP contribution in [0.3, 0.4) is 0 Å². The van der Waals surface area contributed by atoms with Crippen molar-refractivity contribution in [2.45, 2.75) is 32.1 Å². The van der Waals surface area contributed by atoms with Gasteiger partial charge in [-0.3, -0.25) is 0 Å². The van der Waals surface area contributed by atoms with Gasteiger partial charge in [0, 0.05) is 25.2 Å². The van der Waals surface area contributed by atoms with Crippen molar-refractivity contribution in [2.75, 3.05) is 13.1 Å². The van der Waals surface area contributed by atoms with E-state index in [-0.39, 0.29) is 23.4 Å². The smallest absolute Gasteiger partial charge is 0.410 e. The lowest BCUT2D eigenvalue weighted by atomic mass is 10.0. The average Bonchev–Trinajstić information content (AvgIpc) is 2.43. The number of benzene rings is 1. The molecule has 0 aromatic heterocycles. The van der Waals surface area contributed by atoms with Crippen LogP contribution < -0.4 is 0 Å². The molecule has 1 amide bonds. The molecule has 1 aliphatic heterocycles. The van der Waals surface area contributed by atoms with Gasteiger partial charge in [-0.05, 0) is 26.3 Å². The molecule has 0 saturated carbocycles. The van der Waals surface area contributed by atoms with Crippen LogP contribution in [0.15, 0.2) is 34.7 Å². The van der Waals surface area contributed by atoms with Crippen molar-refractivity contribution in [3.05, 3.63) is 35.9 Å². The molecule has 0 spiro atoms. The van der Waals surface area contributed by atoms with Gasteiger partial charge in [-0.2, -0.15) is 4.40 Å². The standard InChI is InChI=1S/C16H22N2O3S/c1-16(2,3)22(20)17-9-14-10-18(11-14)15(19)21-12-13-7-5-4-6-8-13/h4-9,14H,10-12H2,1-3H3/t22-/m0/s1. The maximum Gasteiger partial charge on any atom is 0.410 e. The summed E-state index contributed by atoms with van der Waals surface area (Å²) in [4.78, 5) is 13.5. The van der Waals surface area contributed by atoms with Crippen molar-refractivity contribution in [1.82, 2.24) is 4.90 Å². The second-order valence-electron chi connectivity index (χ2n) is 6.32. The first kappa shape index (κ1) is 16.7. The highest BCUT2D eigenvalue weighted by Crippen LogP contribution is 2.17. The van der Waals surface area contributed by atoms with Gasteiger partial charge in [-0.15, -0.1) is 0 Å². The van der Waals surface area contributed by atoms with Crippen LogP contribution in [0, 0.1) is 5.92 Å². The zero-order chi connectivity index (χ0) is 16.2. The molecule has 1 saturated heterocycles. The molecule has 0 unspecified atom stereocenters. The zero-order valence-corrected chi connectivity index (χ0v) is 14.0. The molecule has 0 aliphatic carbocycles. The molecule has 1 heterocycles. The maximum atomic E-state index is 11.8. The molecule has 1 aliphatic rings. The average molecular weight is 322 g/mol. The largest absolute Gasteiger partial charge is 0.445 e. The van der Waals surface area contributed by atoms with Gasteiger partial charge >= 0.3 is 6.09 Å². The van der Waals surface area contributed by atoms with Gasteiger partial charge in [-0.1, -0.05) is 30.3 Å². The minimum Gasteiger partial charge on any atom is -0.445 e. The molecular weight excluding hydrogens is 300 g/mol. The third-order valence-corrected chi connectivity index (χ3v) is 4.63. The van der Waals surface area contributed by atoms with Crippen LogP contribution in [-0.4, -0.2) is 39.3 Å². The van der Waals surface area contributed by atoms with Crippen molar-refractivity contribution >= 4 is 23.3 Å². The Hall–Kier alpha value is -1.69. The Morgan fingerprint density at radius 3 is 2.59 bits per heavy atom. The molecule has 1 aromatic carbocycles. The highest BCUT2D eigenvalue weighted by Gasteiger charge is 2.31. The quantitative estimate of drug-likeness (QED) is 0.801. The number of rotatable bonds is 4. The first-order valence-corrected chi connectivity index (χ1v) is 8.39. The van der Waals surface area contributed by atoms with E-state index in [4.69, 9.17) is 4.74 Å². The Morgan fingerprint density at radius 2 is 2.00 bits per heavy atom. The highest BCUT2D eigenvalue weighted by molar-refractivity contribution is 7.85. The van der Waals surface area contributed by atoms with Gasteiger partial charge in [0.2, 0.25) is 0 Å². The summed E-state index contributed by atoms with van der Waals surface area (Å²) in [5.41, 5.74) is 0.968. The predicted octanol–water partition coefficient (Wildman–Crippen LogP) is 2.79. The molecule has 0 bridgehead atoms. The van der Waals surface area contributed by atoms with E-state index in [0.717, 1.165) is 5.56 Å². The summed E-state index contributed by atoms with van der Waals surface area (Å²) in [7, 11) is -1.24. The monoisotopic (exact) mass is 322 g/mol. The van der Waals surface area contributed by atoms with Crippen LogP contribution in [0.25, 0.3) is 0 Å². The molecule has 6 heteroatoms. The van der Waals surface area contributed by atoms with Crippen molar-refractivity contribution in [3.63, 3.8) is 0 Å². The zero-order valence-electron chi connectivity index (χ0n) is 13.2. The first-order chi connectivity index (χ1) is 10.4. The van der Waals surface area contributed by atoms with E-state index < -0.39 is 11.0 Å². The van der Waals surface area contributed by atoms with Crippen molar-refractivity contribution < 1.29 is 13.7 Å². The molecule has 0 radical (unpaired) electrons. The minimum absolute atomic E-state index is 0.163. The number of nitrogens with zero attached hydrogens (tertiary/aromatic N) is 2. The van der Waals surface area contributed by atoms with E-state index >= 15 is 0 Å². The fourth-order valence-electron chi connectivity index (χ4n) is 1.87. The lowest BCUT2D eigenvalue weighted by Gasteiger charge is -2.36. The topological polar surface area (TPSA) is 59.0 Å². The minimum atomic E-state index is -1.24. The Balaban J connectivity index is 1.71. The maximum absolute atomic E-state index is 11.8. The summed E-state index contributed by atoms with van der Waals surface area (Å²) < 4.78 is 20.8. The van der Waals surface area contributed by atoms with Gasteiger partial charge < -0.3 is 9.64 Å². The van der Waals surface area contributed by atoms with Crippen molar-refractivity contribution in [1.29, 1.82) is 0 Å². The summed E-state index contributed by atoms with van der Waals surface area (Å²) in [5, 5.41) is 0. The number of hydrogen-bond donors (Lipinski definition) is 0. The fraction of sp³-hybridized carbons (Fsp3) is 0.500. The van der Waals surface area contributed by atoms with E-state index in [1.54, 1.807) is 11.1 Å². The predicted molar refractivity (Wildman–Crippen MR) is 88.1 cm³/mol. The number of amides is 1. The molecule has 22 heavy (non-hydrogen) atoms. The number of hydrogen-bond acceptors (Lipinski definition) is 3. The van der Waals surface area contributed by atoms with Crippen molar-refractivity contribution in [2.24, 2.45) is 10.3 Å². The molecule has 5 nitrogen and oxygen atoms in total. The lowest BCUT2D eigenvalue weighted by molar-refractivity contribution is 0.0651. The van der Waals surface area contributed by atoms with E-state index in [1.807, 2.05) is 51.1 Å². The Kier molecular flexibility index (Phi) is 5.34. The normalized spacial score (nSPS) is 17.3. The van der Waals surface area contributed by atoms with Crippen LogP contribution >= 0.6 is 0 Å². The van der Waals surface area contributed by atoms with Crippen LogP contribution in [0.5, 0.6) is 0 Å². The molecule has 1 fully saturated rings. The Labute approximate surface area is 134 Å². The Morgan fingerprint density at radius 1 is 1.36 bits per heavy atom. The van der Waals surface area contributed by atoms with Crippen molar-refractivity contribution in [3.8, 4) is 0 Å². The number of carbonyl (C=O) groups excluding carboxylic acids is 1. The van der Waals surface area contributed by atoms with Gasteiger partial charge in [0.05, 0.1) is 4.75 Å². The fourth-order valence-corrected chi connectivity index (χ4v) is 2.46. The number of ether oxygens (including phenoxy) is 1. The van der Waals surface area contributed by atoms with E-state index in [9.17, 15) is 9.00 Å². The number of likely N-dealkylation sites (tertiary alicyclic amines) is 1. The summed E-state index contributed by atoms with van der Waals surface area (Å²) in [6, 6.07) is 9.58. The molecule has 120 valence electrons. The van der Waals surface area contributed by atoms with Gasteiger partial charge in [0.25, 0.3) is 0 Å². The van der Waals surface area contributed by atoms with E-state index in [0.29, 0.717) is 13.1 Å². The van der Waals surface area contributed by atoms with Gasteiger partial charge in [0.1, 0.15) is 17.6 Å². The third kappa shape index (κ3) is 4.66. The SMILES string of the molecule is CC(C)(C)[S@](=O)N=CC1CN(C(=O)OCc2ccccc2)C1. The third-order valence-electron chi connectivity index (χ3n) is 3.26.